The average Bonchev–Trinajstić information content (AvgIpc) is 2.38. The number of amides is 1. The summed E-state index contributed by atoms with van der Waals surface area (Å²) in [5.41, 5.74) is 9.35. The van der Waals surface area contributed by atoms with Crippen LogP contribution >= 0.6 is 0 Å². The standard InChI is InChI=1S/C14H21N3O/c1-2-14(18)16-6-8-17-7-5-11-9-13(15)4-3-12(11)10-17/h3-4,9H,2,5-8,10,15H2,1H3,(H,16,18). The van der Waals surface area contributed by atoms with Gasteiger partial charge in [0.05, 0.1) is 0 Å². The van der Waals surface area contributed by atoms with Gasteiger partial charge in [0.1, 0.15) is 0 Å². The highest BCUT2D eigenvalue weighted by molar-refractivity contribution is 5.75. The molecule has 0 unspecified atom stereocenters. The number of hydrogen-bond donors (Lipinski definition) is 2. The second-order valence-electron chi connectivity index (χ2n) is 4.76. The molecule has 1 aliphatic rings. The molecule has 1 amide bonds. The number of fused-ring (bicyclic) bond motifs is 1. The van der Waals surface area contributed by atoms with Crippen LogP contribution in [0.5, 0.6) is 0 Å². The Bertz CT molecular complexity index is 431. The maximum absolute atomic E-state index is 11.1. The van der Waals surface area contributed by atoms with E-state index >= 15 is 0 Å². The molecule has 0 radical (unpaired) electrons. The summed E-state index contributed by atoms with van der Waals surface area (Å²) >= 11 is 0. The molecule has 4 heteroatoms. The Morgan fingerprint density at radius 1 is 1.44 bits per heavy atom. The summed E-state index contributed by atoms with van der Waals surface area (Å²) in [7, 11) is 0. The quantitative estimate of drug-likeness (QED) is 0.785. The maximum atomic E-state index is 11.1. The van der Waals surface area contributed by atoms with Gasteiger partial charge in [0.2, 0.25) is 5.91 Å². The molecule has 0 fully saturated rings. The number of nitrogens with zero attached hydrogens (tertiary/aromatic N) is 1. The lowest BCUT2D eigenvalue weighted by molar-refractivity contribution is -0.120. The molecule has 0 atom stereocenters. The zero-order valence-electron chi connectivity index (χ0n) is 10.9. The van der Waals surface area contributed by atoms with Crippen molar-refractivity contribution in [3.63, 3.8) is 0 Å². The van der Waals surface area contributed by atoms with E-state index in [4.69, 9.17) is 5.73 Å². The van der Waals surface area contributed by atoms with Crippen molar-refractivity contribution in [2.45, 2.75) is 26.3 Å². The number of nitrogen functional groups attached to an aromatic ring is 1. The van der Waals surface area contributed by atoms with Gasteiger partial charge >= 0.3 is 0 Å². The summed E-state index contributed by atoms with van der Waals surface area (Å²) in [6, 6.07) is 6.15. The lowest BCUT2D eigenvalue weighted by Crippen LogP contribution is -2.37. The minimum Gasteiger partial charge on any atom is -0.399 e. The number of carbonyl (C=O) groups excluding carboxylic acids is 1. The van der Waals surface area contributed by atoms with E-state index in [1.807, 2.05) is 13.0 Å². The van der Waals surface area contributed by atoms with Crippen LogP contribution in [0.25, 0.3) is 0 Å². The van der Waals surface area contributed by atoms with Crippen molar-refractivity contribution < 1.29 is 4.79 Å². The van der Waals surface area contributed by atoms with Crippen LogP contribution in [0.1, 0.15) is 24.5 Å². The highest BCUT2D eigenvalue weighted by Crippen LogP contribution is 2.20. The first-order valence-corrected chi connectivity index (χ1v) is 6.55. The van der Waals surface area contributed by atoms with Gasteiger partial charge in [-0.05, 0) is 29.7 Å². The highest BCUT2D eigenvalue weighted by atomic mass is 16.1. The van der Waals surface area contributed by atoms with Gasteiger partial charge in [-0.25, -0.2) is 0 Å². The van der Waals surface area contributed by atoms with Crippen molar-refractivity contribution in [2.75, 3.05) is 25.4 Å². The number of nitrogens with two attached hydrogens (primary N) is 1. The fraction of sp³-hybridized carbons (Fsp3) is 0.500. The Labute approximate surface area is 108 Å². The molecule has 1 aliphatic heterocycles. The molecule has 0 bridgehead atoms. The number of anilines is 1. The fourth-order valence-electron chi connectivity index (χ4n) is 2.30. The monoisotopic (exact) mass is 247 g/mol. The highest BCUT2D eigenvalue weighted by Gasteiger charge is 2.15. The van der Waals surface area contributed by atoms with Gasteiger partial charge in [-0.3, -0.25) is 9.69 Å². The zero-order chi connectivity index (χ0) is 13.0. The van der Waals surface area contributed by atoms with Crippen molar-refractivity contribution in [3.05, 3.63) is 29.3 Å². The number of rotatable bonds is 4. The third-order valence-electron chi connectivity index (χ3n) is 3.39. The van der Waals surface area contributed by atoms with Crippen molar-refractivity contribution in [1.29, 1.82) is 0 Å². The van der Waals surface area contributed by atoms with E-state index in [0.717, 1.165) is 38.3 Å². The fourth-order valence-corrected chi connectivity index (χ4v) is 2.30. The van der Waals surface area contributed by atoms with Gasteiger partial charge in [0, 0.05) is 38.3 Å². The Balaban J connectivity index is 1.84. The molecule has 4 nitrogen and oxygen atoms in total. The molecule has 3 N–H and O–H groups in total. The first-order chi connectivity index (χ1) is 8.69. The first-order valence-electron chi connectivity index (χ1n) is 6.55. The summed E-state index contributed by atoms with van der Waals surface area (Å²) in [5.74, 6) is 0.125. The number of nitrogens with one attached hydrogen (secondary N) is 1. The zero-order valence-corrected chi connectivity index (χ0v) is 10.9. The number of hydrogen-bond acceptors (Lipinski definition) is 3. The summed E-state index contributed by atoms with van der Waals surface area (Å²) in [6.07, 6.45) is 1.60. The van der Waals surface area contributed by atoms with E-state index in [1.165, 1.54) is 11.1 Å². The minimum atomic E-state index is 0.125. The van der Waals surface area contributed by atoms with Gasteiger partial charge in [-0.15, -0.1) is 0 Å². The Morgan fingerprint density at radius 3 is 3.06 bits per heavy atom. The summed E-state index contributed by atoms with van der Waals surface area (Å²) in [4.78, 5) is 13.5. The van der Waals surface area contributed by atoms with E-state index in [-0.39, 0.29) is 5.91 Å². The van der Waals surface area contributed by atoms with E-state index < -0.39 is 0 Å². The predicted molar refractivity (Wildman–Crippen MR) is 73.1 cm³/mol. The van der Waals surface area contributed by atoms with Gasteiger partial charge in [-0.2, -0.15) is 0 Å². The molecule has 0 saturated carbocycles. The second kappa shape index (κ2) is 5.87. The molecule has 1 heterocycles. The smallest absolute Gasteiger partial charge is 0.219 e. The number of benzene rings is 1. The molecule has 18 heavy (non-hydrogen) atoms. The molecule has 0 spiro atoms. The molecular weight excluding hydrogens is 226 g/mol. The minimum absolute atomic E-state index is 0.125. The topological polar surface area (TPSA) is 58.4 Å². The van der Waals surface area contributed by atoms with Crippen LogP contribution in [-0.2, 0) is 17.8 Å². The first kappa shape index (κ1) is 12.9. The van der Waals surface area contributed by atoms with Crippen molar-refractivity contribution in [2.24, 2.45) is 0 Å². The van der Waals surface area contributed by atoms with Gasteiger partial charge in [0.25, 0.3) is 0 Å². The predicted octanol–water partition coefficient (Wildman–Crippen LogP) is 1.15. The molecule has 2 rings (SSSR count). The third-order valence-corrected chi connectivity index (χ3v) is 3.39. The summed E-state index contributed by atoms with van der Waals surface area (Å²) in [5, 5.41) is 2.91. The molecule has 1 aromatic rings. The Morgan fingerprint density at radius 2 is 2.28 bits per heavy atom. The van der Waals surface area contributed by atoms with Crippen LogP contribution in [0.15, 0.2) is 18.2 Å². The van der Waals surface area contributed by atoms with E-state index in [2.05, 4.69) is 22.3 Å². The molecule has 1 aromatic carbocycles. The Kier molecular flexibility index (Phi) is 4.20. The normalized spacial score (nSPS) is 15.2. The van der Waals surface area contributed by atoms with Crippen LogP contribution in [0.2, 0.25) is 0 Å². The van der Waals surface area contributed by atoms with Crippen LogP contribution in [-0.4, -0.2) is 30.4 Å². The molecule has 0 aromatic heterocycles. The molecule has 98 valence electrons. The second-order valence-corrected chi connectivity index (χ2v) is 4.76. The summed E-state index contributed by atoms with van der Waals surface area (Å²) in [6.45, 7) is 5.51. The van der Waals surface area contributed by atoms with Gasteiger partial charge < -0.3 is 11.1 Å². The van der Waals surface area contributed by atoms with Gasteiger partial charge in [-0.1, -0.05) is 13.0 Å². The SMILES string of the molecule is CCC(=O)NCCN1CCc2cc(N)ccc2C1. The maximum Gasteiger partial charge on any atom is 0.219 e. The van der Waals surface area contributed by atoms with E-state index in [1.54, 1.807) is 0 Å². The third kappa shape index (κ3) is 3.23. The average molecular weight is 247 g/mol. The molecule has 0 saturated heterocycles. The van der Waals surface area contributed by atoms with Crippen LogP contribution in [0.4, 0.5) is 5.69 Å². The van der Waals surface area contributed by atoms with Crippen molar-refractivity contribution >= 4 is 11.6 Å². The summed E-state index contributed by atoms with van der Waals surface area (Å²) < 4.78 is 0. The lowest BCUT2D eigenvalue weighted by Gasteiger charge is -2.28. The molecular formula is C14H21N3O. The van der Waals surface area contributed by atoms with Crippen LogP contribution < -0.4 is 11.1 Å². The molecule has 0 aliphatic carbocycles. The number of carbonyl (C=O) groups is 1. The largest absolute Gasteiger partial charge is 0.399 e. The van der Waals surface area contributed by atoms with Crippen LogP contribution in [0.3, 0.4) is 0 Å². The Hall–Kier alpha value is -1.55. The van der Waals surface area contributed by atoms with Gasteiger partial charge in [0.15, 0.2) is 0 Å². The lowest BCUT2D eigenvalue weighted by atomic mass is 9.99. The van der Waals surface area contributed by atoms with E-state index in [9.17, 15) is 4.79 Å². The van der Waals surface area contributed by atoms with Crippen LogP contribution in [0, 0.1) is 0 Å². The van der Waals surface area contributed by atoms with Crippen molar-refractivity contribution in [1.82, 2.24) is 10.2 Å². The van der Waals surface area contributed by atoms with E-state index in [0.29, 0.717) is 6.42 Å². The van der Waals surface area contributed by atoms with Crippen molar-refractivity contribution in [3.8, 4) is 0 Å².